The number of carboxylic acids is 1. The predicted octanol–water partition coefficient (Wildman–Crippen LogP) is 1.53. The number of aliphatic carboxylic acids is 1. The van der Waals surface area contributed by atoms with Gasteiger partial charge in [0.15, 0.2) is 0 Å². The van der Waals surface area contributed by atoms with Gasteiger partial charge < -0.3 is 10.4 Å². The molecule has 82 valence electrons. The van der Waals surface area contributed by atoms with E-state index in [2.05, 4.69) is 15.3 Å². The van der Waals surface area contributed by atoms with Crippen LogP contribution in [0.3, 0.4) is 0 Å². The van der Waals surface area contributed by atoms with Gasteiger partial charge in [-0.3, -0.25) is 4.79 Å². The van der Waals surface area contributed by atoms with Gasteiger partial charge >= 0.3 is 5.97 Å². The van der Waals surface area contributed by atoms with Gasteiger partial charge in [-0.05, 0) is 12.8 Å². The van der Waals surface area contributed by atoms with Crippen LogP contribution in [0, 0.1) is 0 Å². The van der Waals surface area contributed by atoms with Crippen molar-refractivity contribution in [3.63, 3.8) is 0 Å². The van der Waals surface area contributed by atoms with E-state index in [1.54, 1.807) is 12.4 Å². The van der Waals surface area contributed by atoms with E-state index in [1.807, 2.05) is 0 Å². The largest absolute Gasteiger partial charge is 0.481 e. The number of carbonyl (C=O) groups is 1. The molecule has 0 fully saturated rings. The average molecular weight is 209 g/mol. The summed E-state index contributed by atoms with van der Waals surface area (Å²) in [5, 5.41) is 11.6. The SMILES string of the molecule is O=C(O)CCCCCNc1cncnc1. The van der Waals surface area contributed by atoms with Gasteiger partial charge in [-0.2, -0.15) is 0 Å². The monoisotopic (exact) mass is 209 g/mol. The summed E-state index contributed by atoms with van der Waals surface area (Å²) in [7, 11) is 0. The van der Waals surface area contributed by atoms with Crippen molar-refractivity contribution in [2.45, 2.75) is 25.7 Å². The maximum absolute atomic E-state index is 10.2. The lowest BCUT2D eigenvalue weighted by atomic mass is 10.2. The summed E-state index contributed by atoms with van der Waals surface area (Å²) in [4.78, 5) is 18.0. The van der Waals surface area contributed by atoms with Crippen LogP contribution in [0.25, 0.3) is 0 Å². The lowest BCUT2D eigenvalue weighted by molar-refractivity contribution is -0.137. The number of carboxylic acid groups (broad SMARTS) is 1. The Kier molecular flexibility index (Phi) is 5.14. The lowest BCUT2D eigenvalue weighted by Crippen LogP contribution is -2.02. The van der Waals surface area contributed by atoms with Crippen LogP contribution < -0.4 is 5.32 Å². The minimum atomic E-state index is -0.723. The third-order valence-electron chi connectivity index (χ3n) is 1.96. The standard InChI is InChI=1S/C10H15N3O2/c14-10(15)4-2-1-3-5-13-9-6-11-8-12-7-9/h6-8,13H,1-5H2,(H,14,15). The highest BCUT2D eigenvalue weighted by atomic mass is 16.4. The number of hydrogen-bond acceptors (Lipinski definition) is 4. The Balaban J connectivity index is 2.00. The molecule has 0 amide bonds. The highest BCUT2D eigenvalue weighted by Gasteiger charge is 1.96. The van der Waals surface area contributed by atoms with E-state index in [9.17, 15) is 4.79 Å². The van der Waals surface area contributed by atoms with Crippen molar-refractivity contribution in [1.82, 2.24) is 9.97 Å². The molecule has 2 N–H and O–H groups in total. The number of rotatable bonds is 7. The molecule has 0 aromatic carbocycles. The average Bonchev–Trinajstić information content (AvgIpc) is 2.24. The smallest absolute Gasteiger partial charge is 0.303 e. The molecule has 0 aliphatic rings. The second-order valence-corrected chi connectivity index (χ2v) is 3.26. The van der Waals surface area contributed by atoms with Gasteiger partial charge in [0, 0.05) is 13.0 Å². The molecule has 1 aromatic rings. The number of nitrogens with zero attached hydrogens (tertiary/aromatic N) is 2. The molecule has 0 atom stereocenters. The van der Waals surface area contributed by atoms with E-state index in [-0.39, 0.29) is 6.42 Å². The highest BCUT2D eigenvalue weighted by Crippen LogP contribution is 2.03. The summed E-state index contributed by atoms with van der Waals surface area (Å²) in [6.45, 7) is 0.826. The van der Waals surface area contributed by atoms with E-state index < -0.39 is 5.97 Å². The molecule has 0 radical (unpaired) electrons. The summed E-state index contributed by atoms with van der Waals surface area (Å²) < 4.78 is 0. The summed E-state index contributed by atoms with van der Waals surface area (Å²) in [6, 6.07) is 0. The zero-order valence-electron chi connectivity index (χ0n) is 8.52. The van der Waals surface area contributed by atoms with Crippen molar-refractivity contribution < 1.29 is 9.90 Å². The molecule has 15 heavy (non-hydrogen) atoms. The Morgan fingerprint density at radius 3 is 2.67 bits per heavy atom. The third-order valence-corrected chi connectivity index (χ3v) is 1.96. The molecule has 0 spiro atoms. The Bertz CT molecular complexity index is 290. The van der Waals surface area contributed by atoms with Gasteiger partial charge in [0.2, 0.25) is 0 Å². The Morgan fingerprint density at radius 2 is 2.00 bits per heavy atom. The first-order valence-corrected chi connectivity index (χ1v) is 4.99. The molecule has 5 nitrogen and oxygen atoms in total. The zero-order valence-corrected chi connectivity index (χ0v) is 8.52. The van der Waals surface area contributed by atoms with Crippen LogP contribution >= 0.6 is 0 Å². The van der Waals surface area contributed by atoms with E-state index in [0.29, 0.717) is 0 Å². The van der Waals surface area contributed by atoms with Gasteiger partial charge in [0.1, 0.15) is 6.33 Å². The van der Waals surface area contributed by atoms with Crippen LogP contribution in [0.4, 0.5) is 5.69 Å². The van der Waals surface area contributed by atoms with Crippen molar-refractivity contribution >= 4 is 11.7 Å². The van der Waals surface area contributed by atoms with Gasteiger partial charge in [0.05, 0.1) is 18.1 Å². The molecular weight excluding hydrogens is 194 g/mol. The summed E-state index contributed by atoms with van der Waals surface area (Å²) in [5.41, 5.74) is 0.899. The zero-order chi connectivity index (χ0) is 10.9. The first-order valence-electron chi connectivity index (χ1n) is 4.99. The second kappa shape index (κ2) is 6.75. The number of hydrogen-bond donors (Lipinski definition) is 2. The van der Waals surface area contributed by atoms with Gasteiger partial charge in [0.25, 0.3) is 0 Å². The molecule has 0 aliphatic carbocycles. The van der Waals surface area contributed by atoms with Crippen molar-refractivity contribution in [3.8, 4) is 0 Å². The molecule has 5 heteroatoms. The number of anilines is 1. The van der Waals surface area contributed by atoms with Crippen molar-refractivity contribution in [2.24, 2.45) is 0 Å². The van der Waals surface area contributed by atoms with E-state index in [4.69, 9.17) is 5.11 Å². The highest BCUT2D eigenvalue weighted by molar-refractivity contribution is 5.66. The molecule has 1 rings (SSSR count). The van der Waals surface area contributed by atoms with E-state index >= 15 is 0 Å². The van der Waals surface area contributed by atoms with Crippen LogP contribution in [0.15, 0.2) is 18.7 Å². The Labute approximate surface area is 88.6 Å². The van der Waals surface area contributed by atoms with E-state index in [1.165, 1.54) is 6.33 Å². The quantitative estimate of drug-likeness (QED) is 0.666. The topological polar surface area (TPSA) is 75.1 Å². The van der Waals surface area contributed by atoms with Gasteiger partial charge in [-0.1, -0.05) is 6.42 Å². The summed E-state index contributed by atoms with van der Waals surface area (Å²) in [6.07, 6.45) is 7.79. The number of aromatic nitrogens is 2. The first-order chi connectivity index (χ1) is 7.29. The van der Waals surface area contributed by atoms with Crippen molar-refractivity contribution in [3.05, 3.63) is 18.7 Å². The Hall–Kier alpha value is -1.65. The molecular formula is C10H15N3O2. The molecule has 0 saturated carbocycles. The maximum Gasteiger partial charge on any atom is 0.303 e. The van der Waals surface area contributed by atoms with Crippen LogP contribution in [-0.2, 0) is 4.79 Å². The van der Waals surface area contributed by atoms with Gasteiger partial charge in [-0.25, -0.2) is 9.97 Å². The van der Waals surface area contributed by atoms with Crippen molar-refractivity contribution in [1.29, 1.82) is 0 Å². The molecule has 0 saturated heterocycles. The van der Waals surface area contributed by atoms with Crippen LogP contribution in [0.2, 0.25) is 0 Å². The van der Waals surface area contributed by atoms with E-state index in [0.717, 1.165) is 31.5 Å². The number of unbranched alkanes of at least 4 members (excludes halogenated alkanes) is 2. The summed E-state index contributed by atoms with van der Waals surface area (Å²) in [5.74, 6) is -0.723. The molecule has 1 aromatic heterocycles. The third kappa shape index (κ3) is 5.61. The van der Waals surface area contributed by atoms with Gasteiger partial charge in [-0.15, -0.1) is 0 Å². The molecule has 0 aliphatic heterocycles. The fourth-order valence-corrected chi connectivity index (χ4v) is 1.20. The van der Waals surface area contributed by atoms with Crippen LogP contribution in [0.1, 0.15) is 25.7 Å². The fourth-order valence-electron chi connectivity index (χ4n) is 1.20. The molecule has 0 unspecified atom stereocenters. The predicted molar refractivity (Wildman–Crippen MR) is 56.6 cm³/mol. The lowest BCUT2D eigenvalue weighted by Gasteiger charge is -2.03. The first kappa shape index (κ1) is 11.4. The maximum atomic E-state index is 10.2. The Morgan fingerprint density at radius 1 is 1.27 bits per heavy atom. The minimum absolute atomic E-state index is 0.258. The van der Waals surface area contributed by atoms with Crippen LogP contribution in [0.5, 0.6) is 0 Å². The summed E-state index contributed by atoms with van der Waals surface area (Å²) >= 11 is 0. The molecule has 1 heterocycles. The van der Waals surface area contributed by atoms with Crippen molar-refractivity contribution in [2.75, 3.05) is 11.9 Å². The fraction of sp³-hybridized carbons (Fsp3) is 0.500. The number of nitrogens with one attached hydrogen (secondary N) is 1. The minimum Gasteiger partial charge on any atom is -0.481 e. The van der Waals surface area contributed by atoms with Crippen LogP contribution in [-0.4, -0.2) is 27.6 Å². The second-order valence-electron chi connectivity index (χ2n) is 3.26. The normalized spacial score (nSPS) is 9.87. The molecule has 0 bridgehead atoms.